The van der Waals surface area contributed by atoms with Crippen LogP contribution in [0.4, 0.5) is 0 Å². The van der Waals surface area contributed by atoms with E-state index in [1.54, 1.807) is 22.9 Å². The van der Waals surface area contributed by atoms with Gasteiger partial charge in [0.2, 0.25) is 0 Å². The van der Waals surface area contributed by atoms with E-state index < -0.39 is 5.91 Å². The molecule has 3 rings (SSSR count). The van der Waals surface area contributed by atoms with Gasteiger partial charge >= 0.3 is 0 Å². The van der Waals surface area contributed by atoms with E-state index in [4.69, 9.17) is 19.9 Å². The molecule has 144 valence electrons. The van der Waals surface area contributed by atoms with Gasteiger partial charge in [0.15, 0.2) is 12.4 Å². The molecule has 0 aliphatic carbocycles. The Kier molecular flexibility index (Phi) is 6.59. The number of nitrogens with zero attached hydrogens (tertiary/aromatic N) is 1. The van der Waals surface area contributed by atoms with Crippen LogP contribution in [0.5, 0.6) is 17.2 Å². The van der Waals surface area contributed by atoms with E-state index in [-0.39, 0.29) is 6.23 Å². The van der Waals surface area contributed by atoms with Crippen molar-refractivity contribution in [1.29, 1.82) is 0 Å². The molecule has 2 N–H and O–H groups in total. The van der Waals surface area contributed by atoms with E-state index in [0.29, 0.717) is 18.8 Å². The highest BCUT2D eigenvalue weighted by Gasteiger charge is 2.14. The largest absolute Gasteiger partial charge is 0.491 e. The number of hydrogen-bond donors (Lipinski definition) is 1. The van der Waals surface area contributed by atoms with Gasteiger partial charge in [0, 0.05) is 13.0 Å². The van der Waals surface area contributed by atoms with E-state index in [9.17, 15) is 4.79 Å². The second-order valence-electron chi connectivity index (χ2n) is 6.11. The molecule has 1 atom stereocenters. The van der Waals surface area contributed by atoms with Gasteiger partial charge < -0.3 is 19.9 Å². The molecule has 0 bridgehead atoms. The van der Waals surface area contributed by atoms with Crippen molar-refractivity contribution in [3.05, 3.63) is 84.7 Å². The Hall–Kier alpha value is -3.38. The molecule has 28 heavy (non-hydrogen) atoms. The number of hydrogen-bond acceptors (Lipinski definition) is 4. The van der Waals surface area contributed by atoms with Crippen LogP contribution in [0.3, 0.4) is 0 Å². The molecule has 0 fully saturated rings. The maximum atomic E-state index is 11.3. The molecule has 0 aliphatic heterocycles. The Morgan fingerprint density at radius 3 is 2.32 bits per heavy atom. The van der Waals surface area contributed by atoms with Gasteiger partial charge in [-0.2, -0.15) is 4.57 Å². The lowest BCUT2D eigenvalue weighted by Gasteiger charge is -2.11. The van der Waals surface area contributed by atoms with Crippen LogP contribution in [0.2, 0.25) is 0 Å². The molecule has 0 saturated carbocycles. The van der Waals surface area contributed by atoms with Gasteiger partial charge in [0.05, 0.1) is 6.61 Å². The summed E-state index contributed by atoms with van der Waals surface area (Å²) < 4.78 is 19.0. The lowest BCUT2D eigenvalue weighted by Crippen LogP contribution is -2.40. The standard InChI is InChI=1S/C22H22N2O4/c1-17(24-13-5-6-18(16-24)22(23)25)26-14-15-27-19-9-11-21(12-10-19)28-20-7-3-2-4-8-20/h2-13,16-17H,14-15H2,1H3,(H-,23,25)/p+1. The number of nitrogens with two attached hydrogens (primary N) is 1. The Balaban J connectivity index is 1.43. The predicted molar refractivity (Wildman–Crippen MR) is 104 cm³/mol. The molecule has 6 nitrogen and oxygen atoms in total. The van der Waals surface area contributed by atoms with Crippen LogP contribution in [0.25, 0.3) is 0 Å². The smallest absolute Gasteiger partial charge is 0.259 e. The van der Waals surface area contributed by atoms with Gasteiger partial charge in [0.1, 0.15) is 29.4 Å². The maximum absolute atomic E-state index is 11.3. The molecule has 6 heteroatoms. The molecule has 0 radical (unpaired) electrons. The van der Waals surface area contributed by atoms with Crippen molar-refractivity contribution in [2.24, 2.45) is 5.73 Å². The zero-order valence-corrected chi connectivity index (χ0v) is 15.7. The van der Waals surface area contributed by atoms with Crippen LogP contribution in [-0.2, 0) is 4.74 Å². The van der Waals surface area contributed by atoms with Gasteiger partial charge in [-0.05, 0) is 42.5 Å². The molecule has 0 saturated heterocycles. The summed E-state index contributed by atoms with van der Waals surface area (Å²) in [5.41, 5.74) is 5.74. The highest BCUT2D eigenvalue weighted by Crippen LogP contribution is 2.23. The third kappa shape index (κ3) is 5.56. The molecule has 1 aromatic heterocycles. The lowest BCUT2D eigenvalue weighted by molar-refractivity contribution is -0.758. The molecule has 1 unspecified atom stereocenters. The number of pyridine rings is 1. The topological polar surface area (TPSA) is 74.7 Å². The fourth-order valence-electron chi connectivity index (χ4n) is 2.56. The summed E-state index contributed by atoms with van der Waals surface area (Å²) in [6.07, 6.45) is 3.24. The third-order valence-corrected chi connectivity index (χ3v) is 4.04. The summed E-state index contributed by atoms with van der Waals surface area (Å²) >= 11 is 0. The van der Waals surface area contributed by atoms with E-state index in [1.807, 2.05) is 67.7 Å². The Morgan fingerprint density at radius 2 is 1.61 bits per heavy atom. The number of amides is 1. The first-order chi connectivity index (χ1) is 13.6. The van der Waals surface area contributed by atoms with Crippen LogP contribution in [0.15, 0.2) is 79.1 Å². The average Bonchev–Trinajstić information content (AvgIpc) is 2.73. The zero-order valence-electron chi connectivity index (χ0n) is 15.7. The van der Waals surface area contributed by atoms with Crippen molar-refractivity contribution in [2.75, 3.05) is 13.2 Å². The molecule has 0 aliphatic rings. The van der Waals surface area contributed by atoms with E-state index in [1.165, 1.54) is 0 Å². The predicted octanol–water partition coefficient (Wildman–Crippen LogP) is 3.48. The van der Waals surface area contributed by atoms with Gasteiger partial charge in [-0.1, -0.05) is 18.2 Å². The van der Waals surface area contributed by atoms with Crippen molar-refractivity contribution < 1.29 is 23.6 Å². The molecule has 3 aromatic rings. The molecule has 1 heterocycles. The number of primary amides is 1. The molecule has 1 amide bonds. The van der Waals surface area contributed by atoms with Crippen molar-refractivity contribution in [1.82, 2.24) is 0 Å². The summed E-state index contributed by atoms with van der Waals surface area (Å²) in [5.74, 6) is 1.80. The minimum absolute atomic E-state index is 0.246. The summed E-state index contributed by atoms with van der Waals surface area (Å²) in [5, 5.41) is 0. The van der Waals surface area contributed by atoms with Crippen molar-refractivity contribution in [3.63, 3.8) is 0 Å². The number of ether oxygens (including phenoxy) is 3. The first-order valence-corrected chi connectivity index (χ1v) is 9.00. The second kappa shape index (κ2) is 9.53. The van der Waals surface area contributed by atoms with Crippen LogP contribution in [0.1, 0.15) is 23.5 Å². The maximum Gasteiger partial charge on any atom is 0.259 e. The Morgan fingerprint density at radius 1 is 0.929 bits per heavy atom. The lowest BCUT2D eigenvalue weighted by atomic mass is 10.3. The highest BCUT2D eigenvalue weighted by molar-refractivity contribution is 5.92. The minimum atomic E-state index is -0.468. The number of para-hydroxylation sites is 1. The number of carbonyl (C=O) groups is 1. The van der Waals surface area contributed by atoms with Crippen LogP contribution >= 0.6 is 0 Å². The third-order valence-electron chi connectivity index (χ3n) is 4.04. The van der Waals surface area contributed by atoms with E-state index in [0.717, 1.165) is 17.2 Å². The zero-order chi connectivity index (χ0) is 19.8. The van der Waals surface area contributed by atoms with Gasteiger partial charge in [0.25, 0.3) is 12.1 Å². The highest BCUT2D eigenvalue weighted by atomic mass is 16.5. The molecule has 2 aromatic carbocycles. The number of aromatic nitrogens is 1. The average molecular weight is 379 g/mol. The molecular weight excluding hydrogens is 356 g/mol. The summed E-state index contributed by atoms with van der Waals surface area (Å²) in [6.45, 7) is 2.69. The van der Waals surface area contributed by atoms with E-state index in [2.05, 4.69) is 0 Å². The van der Waals surface area contributed by atoms with Crippen molar-refractivity contribution in [3.8, 4) is 17.2 Å². The van der Waals surface area contributed by atoms with Crippen LogP contribution < -0.4 is 19.8 Å². The van der Waals surface area contributed by atoms with Crippen molar-refractivity contribution >= 4 is 5.91 Å². The summed E-state index contributed by atoms with van der Waals surface area (Å²) in [7, 11) is 0. The molecular formula is C22H23N2O4+. The first-order valence-electron chi connectivity index (χ1n) is 9.00. The van der Waals surface area contributed by atoms with Gasteiger partial charge in [-0.15, -0.1) is 0 Å². The monoisotopic (exact) mass is 379 g/mol. The Bertz CT molecular complexity index is 898. The second-order valence-corrected chi connectivity index (χ2v) is 6.11. The van der Waals surface area contributed by atoms with Crippen LogP contribution in [-0.4, -0.2) is 19.1 Å². The first kappa shape index (κ1) is 19.4. The van der Waals surface area contributed by atoms with E-state index >= 15 is 0 Å². The van der Waals surface area contributed by atoms with Gasteiger partial charge in [-0.3, -0.25) is 4.79 Å². The summed E-state index contributed by atoms with van der Waals surface area (Å²) in [6, 6.07) is 20.5. The van der Waals surface area contributed by atoms with Crippen molar-refractivity contribution in [2.45, 2.75) is 13.2 Å². The normalized spacial score (nSPS) is 11.6. The number of carbonyl (C=O) groups excluding carboxylic acids is 1. The Labute approximate surface area is 164 Å². The minimum Gasteiger partial charge on any atom is -0.491 e. The SMILES string of the molecule is CC(OCCOc1ccc(Oc2ccccc2)cc1)[n+]1cccc(C(N)=O)c1. The van der Waals surface area contributed by atoms with Gasteiger partial charge in [-0.25, -0.2) is 0 Å². The fourth-order valence-corrected chi connectivity index (χ4v) is 2.56. The quantitative estimate of drug-likeness (QED) is 0.456. The summed E-state index contributed by atoms with van der Waals surface area (Å²) in [4.78, 5) is 11.3. The van der Waals surface area contributed by atoms with Crippen LogP contribution in [0, 0.1) is 0 Å². The molecule has 0 spiro atoms. The number of benzene rings is 2. The number of rotatable bonds is 9. The fraction of sp³-hybridized carbons (Fsp3) is 0.182.